The van der Waals surface area contributed by atoms with Gasteiger partial charge in [-0.2, -0.15) is 0 Å². The maximum absolute atomic E-state index is 12.2. The van der Waals surface area contributed by atoms with E-state index in [2.05, 4.69) is 30.2 Å². The van der Waals surface area contributed by atoms with Crippen molar-refractivity contribution in [3.8, 4) is 0 Å². The summed E-state index contributed by atoms with van der Waals surface area (Å²) in [6.45, 7) is 6.81. The fourth-order valence-corrected chi connectivity index (χ4v) is 2.51. The Morgan fingerprint density at radius 2 is 2.30 bits per heavy atom. The minimum atomic E-state index is 0.277. The summed E-state index contributed by atoms with van der Waals surface area (Å²) < 4.78 is 0. The molecule has 1 aliphatic rings. The Hall–Kier alpha value is -1.58. The van der Waals surface area contributed by atoms with Gasteiger partial charge in [-0.15, -0.1) is 0 Å². The van der Waals surface area contributed by atoms with Gasteiger partial charge in [-0.1, -0.05) is 19.9 Å². The lowest BCUT2D eigenvalue weighted by molar-refractivity contribution is -0.131. The van der Waals surface area contributed by atoms with Gasteiger partial charge in [-0.3, -0.25) is 4.79 Å². The summed E-state index contributed by atoms with van der Waals surface area (Å²) in [5.41, 5.74) is 1.11. The van der Waals surface area contributed by atoms with Crippen molar-refractivity contribution in [2.24, 2.45) is 5.92 Å². The van der Waals surface area contributed by atoms with Crippen LogP contribution in [0.3, 0.4) is 0 Å². The maximum Gasteiger partial charge on any atom is 0.222 e. The van der Waals surface area contributed by atoms with Gasteiger partial charge in [0.1, 0.15) is 5.82 Å². The molecule has 1 aliphatic heterocycles. The molecule has 20 heavy (non-hydrogen) atoms. The zero-order valence-electron chi connectivity index (χ0n) is 12.6. The highest BCUT2D eigenvalue weighted by molar-refractivity contribution is 5.76. The molecule has 1 unspecified atom stereocenters. The summed E-state index contributed by atoms with van der Waals surface area (Å²) in [5, 5.41) is 3.34. The maximum atomic E-state index is 12.2. The fourth-order valence-electron chi connectivity index (χ4n) is 2.51. The molecule has 0 bridgehead atoms. The normalized spacial score (nSPS) is 19.8. The molecule has 1 atom stereocenters. The molecule has 1 N–H and O–H groups in total. The third kappa shape index (κ3) is 3.95. The molecular weight excluding hydrogens is 250 g/mol. The number of likely N-dealkylation sites (tertiary alicyclic amines) is 1. The Morgan fingerprint density at radius 3 is 3.10 bits per heavy atom. The van der Waals surface area contributed by atoms with E-state index in [1.54, 1.807) is 6.20 Å². The van der Waals surface area contributed by atoms with Crippen LogP contribution >= 0.6 is 0 Å². The lowest BCUT2D eigenvalue weighted by Crippen LogP contribution is -2.30. The number of pyridine rings is 1. The minimum absolute atomic E-state index is 0.277. The van der Waals surface area contributed by atoms with Gasteiger partial charge in [-0.05, 0) is 31.2 Å². The minimum Gasteiger partial charge on any atom is -0.370 e. The fraction of sp³-hybridized carbons (Fsp3) is 0.625. The average molecular weight is 275 g/mol. The van der Waals surface area contributed by atoms with Crippen LogP contribution in [0.25, 0.3) is 0 Å². The second-order valence-corrected chi connectivity index (χ2v) is 5.69. The van der Waals surface area contributed by atoms with Crippen LogP contribution in [0.2, 0.25) is 0 Å². The molecule has 110 valence electrons. The van der Waals surface area contributed by atoms with Crippen molar-refractivity contribution in [1.29, 1.82) is 0 Å². The zero-order chi connectivity index (χ0) is 14.4. The summed E-state index contributed by atoms with van der Waals surface area (Å²) >= 11 is 0. The van der Waals surface area contributed by atoms with Crippen molar-refractivity contribution in [2.75, 3.05) is 18.4 Å². The number of amides is 1. The molecule has 0 spiro atoms. The standard InChI is InChI=1S/C16H25N3O/c1-3-9-17-16-14(5-4-10-18-16)12-19-11-8-13(2)6-7-15(19)20/h4-5,10,13H,3,6-9,11-12H2,1-2H3,(H,17,18). The smallest absolute Gasteiger partial charge is 0.222 e. The molecule has 0 aliphatic carbocycles. The predicted molar refractivity (Wildman–Crippen MR) is 81.4 cm³/mol. The second-order valence-electron chi connectivity index (χ2n) is 5.69. The van der Waals surface area contributed by atoms with Crippen molar-refractivity contribution in [3.63, 3.8) is 0 Å². The van der Waals surface area contributed by atoms with Crippen LogP contribution in [0.1, 0.15) is 45.1 Å². The van der Waals surface area contributed by atoms with E-state index in [0.717, 1.165) is 43.7 Å². The monoisotopic (exact) mass is 275 g/mol. The number of anilines is 1. The molecule has 2 heterocycles. The van der Waals surface area contributed by atoms with Gasteiger partial charge in [0.25, 0.3) is 0 Å². The number of carbonyl (C=O) groups excluding carboxylic acids is 1. The van der Waals surface area contributed by atoms with E-state index < -0.39 is 0 Å². The van der Waals surface area contributed by atoms with Crippen LogP contribution in [0.5, 0.6) is 0 Å². The van der Waals surface area contributed by atoms with E-state index in [-0.39, 0.29) is 5.91 Å². The molecule has 1 saturated heterocycles. The van der Waals surface area contributed by atoms with Crippen molar-refractivity contribution in [1.82, 2.24) is 9.88 Å². The summed E-state index contributed by atoms with van der Waals surface area (Å²) in [7, 11) is 0. The second kappa shape index (κ2) is 7.27. The molecule has 4 heteroatoms. The van der Waals surface area contributed by atoms with Gasteiger partial charge in [0, 0.05) is 37.8 Å². The first-order valence-electron chi connectivity index (χ1n) is 7.66. The van der Waals surface area contributed by atoms with Crippen LogP contribution < -0.4 is 5.32 Å². The Bertz CT molecular complexity index is 447. The van der Waals surface area contributed by atoms with Crippen molar-refractivity contribution >= 4 is 11.7 Å². The van der Waals surface area contributed by atoms with E-state index in [0.29, 0.717) is 18.9 Å². The SMILES string of the molecule is CCCNc1ncccc1CN1CCC(C)CCC1=O. The highest BCUT2D eigenvalue weighted by Crippen LogP contribution is 2.21. The third-order valence-electron chi connectivity index (χ3n) is 3.89. The first-order valence-corrected chi connectivity index (χ1v) is 7.66. The van der Waals surface area contributed by atoms with Crippen LogP contribution in [-0.4, -0.2) is 28.9 Å². The van der Waals surface area contributed by atoms with E-state index in [1.807, 2.05) is 11.0 Å². The molecule has 0 aromatic carbocycles. The molecule has 0 radical (unpaired) electrons. The highest BCUT2D eigenvalue weighted by Gasteiger charge is 2.21. The molecule has 2 rings (SSSR count). The molecular formula is C16H25N3O. The first-order chi connectivity index (χ1) is 9.70. The highest BCUT2D eigenvalue weighted by atomic mass is 16.2. The Balaban J connectivity index is 2.06. The first kappa shape index (κ1) is 14.8. The van der Waals surface area contributed by atoms with Gasteiger partial charge in [0.2, 0.25) is 5.91 Å². The van der Waals surface area contributed by atoms with E-state index >= 15 is 0 Å². The topological polar surface area (TPSA) is 45.2 Å². The van der Waals surface area contributed by atoms with Gasteiger partial charge >= 0.3 is 0 Å². The molecule has 1 amide bonds. The van der Waals surface area contributed by atoms with E-state index in [9.17, 15) is 4.79 Å². The molecule has 0 saturated carbocycles. The van der Waals surface area contributed by atoms with Crippen LogP contribution in [0.4, 0.5) is 5.82 Å². The third-order valence-corrected chi connectivity index (χ3v) is 3.89. The summed E-state index contributed by atoms with van der Waals surface area (Å²) in [5.74, 6) is 1.84. The van der Waals surface area contributed by atoms with Crippen LogP contribution in [0.15, 0.2) is 18.3 Å². The Morgan fingerprint density at radius 1 is 1.45 bits per heavy atom. The molecule has 1 aromatic rings. The number of nitrogens with zero attached hydrogens (tertiary/aromatic N) is 2. The number of rotatable bonds is 5. The average Bonchev–Trinajstić information content (AvgIpc) is 2.62. The van der Waals surface area contributed by atoms with Crippen molar-refractivity contribution in [3.05, 3.63) is 23.9 Å². The Labute approximate surface area is 121 Å². The van der Waals surface area contributed by atoms with Gasteiger partial charge in [-0.25, -0.2) is 4.98 Å². The number of carbonyl (C=O) groups is 1. The lowest BCUT2D eigenvalue weighted by atomic mass is 10.0. The molecule has 1 fully saturated rings. The van der Waals surface area contributed by atoms with Gasteiger partial charge in [0.15, 0.2) is 0 Å². The van der Waals surface area contributed by atoms with Crippen molar-refractivity contribution in [2.45, 2.75) is 46.1 Å². The van der Waals surface area contributed by atoms with E-state index in [4.69, 9.17) is 0 Å². The Kier molecular flexibility index (Phi) is 5.39. The largest absolute Gasteiger partial charge is 0.370 e. The summed E-state index contributed by atoms with van der Waals surface area (Å²) in [6, 6.07) is 4.00. The van der Waals surface area contributed by atoms with Gasteiger partial charge < -0.3 is 10.2 Å². The lowest BCUT2D eigenvalue weighted by Gasteiger charge is -2.22. The van der Waals surface area contributed by atoms with Crippen LogP contribution in [0, 0.1) is 5.92 Å². The number of hydrogen-bond donors (Lipinski definition) is 1. The molecule has 1 aromatic heterocycles. The quantitative estimate of drug-likeness (QED) is 0.898. The van der Waals surface area contributed by atoms with Crippen LogP contribution in [-0.2, 0) is 11.3 Å². The van der Waals surface area contributed by atoms with E-state index in [1.165, 1.54) is 0 Å². The number of hydrogen-bond acceptors (Lipinski definition) is 3. The van der Waals surface area contributed by atoms with Crippen molar-refractivity contribution < 1.29 is 4.79 Å². The zero-order valence-corrected chi connectivity index (χ0v) is 12.6. The molecule has 4 nitrogen and oxygen atoms in total. The summed E-state index contributed by atoms with van der Waals surface area (Å²) in [4.78, 5) is 18.6. The summed E-state index contributed by atoms with van der Waals surface area (Å²) in [6.07, 6.45) is 5.66. The number of aromatic nitrogens is 1. The van der Waals surface area contributed by atoms with Gasteiger partial charge in [0.05, 0.1) is 0 Å². The number of nitrogens with one attached hydrogen (secondary N) is 1. The predicted octanol–water partition coefficient (Wildman–Crippen LogP) is 3.05.